The molecule has 0 spiro atoms. The summed E-state index contributed by atoms with van der Waals surface area (Å²) in [7, 11) is -3.12. The lowest BCUT2D eigenvalue weighted by Gasteiger charge is -2.37. The minimum Gasteiger partial charge on any atom is -0.352 e. The highest BCUT2D eigenvalue weighted by atomic mass is 32.2. The number of nitrogens with zero attached hydrogens (tertiary/aromatic N) is 2. The first-order valence-electron chi connectivity index (χ1n) is 8.27. The predicted octanol–water partition coefficient (Wildman–Crippen LogP) is 0.647. The highest BCUT2D eigenvalue weighted by molar-refractivity contribution is 7.88. The fourth-order valence-corrected chi connectivity index (χ4v) is 4.14. The Labute approximate surface area is 134 Å². The van der Waals surface area contributed by atoms with Gasteiger partial charge >= 0.3 is 0 Å². The predicted molar refractivity (Wildman–Crippen MR) is 87.0 cm³/mol. The van der Waals surface area contributed by atoms with E-state index in [2.05, 4.69) is 17.1 Å². The van der Waals surface area contributed by atoms with E-state index in [0.29, 0.717) is 32.2 Å². The third-order valence-electron chi connectivity index (χ3n) is 5.03. The van der Waals surface area contributed by atoms with E-state index in [1.165, 1.54) is 23.4 Å². The number of hydrogen-bond acceptors (Lipinski definition) is 4. The smallest absolute Gasteiger partial charge is 0.237 e. The first-order chi connectivity index (χ1) is 10.3. The summed E-state index contributed by atoms with van der Waals surface area (Å²) in [6, 6.07) is 0.115. The van der Waals surface area contributed by atoms with E-state index in [0.717, 1.165) is 18.8 Å². The van der Waals surface area contributed by atoms with E-state index >= 15 is 0 Å². The molecule has 1 saturated carbocycles. The van der Waals surface area contributed by atoms with Gasteiger partial charge in [-0.15, -0.1) is 0 Å². The van der Waals surface area contributed by atoms with Crippen molar-refractivity contribution in [1.29, 1.82) is 0 Å². The van der Waals surface area contributed by atoms with Gasteiger partial charge in [-0.2, -0.15) is 4.31 Å². The van der Waals surface area contributed by atoms with Gasteiger partial charge in [-0.05, 0) is 38.5 Å². The molecule has 22 heavy (non-hydrogen) atoms. The fourth-order valence-electron chi connectivity index (χ4n) is 3.31. The van der Waals surface area contributed by atoms with Crippen molar-refractivity contribution in [1.82, 2.24) is 14.5 Å². The molecule has 0 bridgehead atoms. The van der Waals surface area contributed by atoms with Crippen molar-refractivity contribution in [2.24, 2.45) is 5.92 Å². The molecule has 1 amide bonds. The Morgan fingerprint density at radius 2 is 1.64 bits per heavy atom. The molecule has 0 aromatic rings. The Kier molecular flexibility index (Phi) is 5.85. The van der Waals surface area contributed by atoms with Gasteiger partial charge < -0.3 is 5.32 Å². The maximum atomic E-state index is 12.4. The van der Waals surface area contributed by atoms with E-state index < -0.39 is 10.0 Å². The number of nitrogens with one attached hydrogen (secondary N) is 1. The zero-order chi connectivity index (χ0) is 16.3. The van der Waals surface area contributed by atoms with Crippen LogP contribution in [0.15, 0.2) is 0 Å². The lowest BCUT2D eigenvalue weighted by atomic mass is 9.87. The van der Waals surface area contributed by atoms with E-state index in [1.807, 2.05) is 6.92 Å². The number of carbonyl (C=O) groups excluding carboxylic acids is 1. The van der Waals surface area contributed by atoms with Gasteiger partial charge in [0, 0.05) is 32.2 Å². The molecule has 1 saturated heterocycles. The summed E-state index contributed by atoms with van der Waals surface area (Å²) in [6.45, 7) is 6.35. The van der Waals surface area contributed by atoms with Crippen LogP contribution in [0.4, 0.5) is 0 Å². The Balaban J connectivity index is 1.79. The highest BCUT2D eigenvalue weighted by Gasteiger charge is 2.30. The van der Waals surface area contributed by atoms with Crippen molar-refractivity contribution in [2.45, 2.75) is 51.6 Å². The van der Waals surface area contributed by atoms with Crippen LogP contribution in [0.3, 0.4) is 0 Å². The van der Waals surface area contributed by atoms with Gasteiger partial charge in [0.2, 0.25) is 15.9 Å². The second-order valence-corrected chi connectivity index (χ2v) is 8.82. The van der Waals surface area contributed by atoms with Crippen LogP contribution < -0.4 is 5.32 Å². The molecule has 0 radical (unpaired) electrons. The molecule has 2 fully saturated rings. The number of hydrogen-bond donors (Lipinski definition) is 1. The molecule has 1 aliphatic heterocycles. The van der Waals surface area contributed by atoms with Crippen molar-refractivity contribution < 1.29 is 13.2 Å². The summed E-state index contributed by atoms with van der Waals surface area (Å²) in [4.78, 5) is 14.5. The minimum absolute atomic E-state index is 0.0763. The van der Waals surface area contributed by atoms with Crippen molar-refractivity contribution >= 4 is 15.9 Å². The molecule has 2 rings (SSSR count). The number of sulfonamides is 1. The third kappa shape index (κ3) is 4.67. The first-order valence-corrected chi connectivity index (χ1v) is 10.1. The Bertz CT molecular complexity index is 478. The number of rotatable bonds is 4. The molecule has 1 aliphatic carbocycles. The van der Waals surface area contributed by atoms with Crippen LogP contribution in [0.2, 0.25) is 0 Å². The average Bonchev–Trinajstić information content (AvgIpc) is 2.48. The summed E-state index contributed by atoms with van der Waals surface area (Å²) in [5, 5.41) is 3.17. The number of amides is 1. The standard InChI is InChI=1S/C15H29N3O3S/c1-12-4-6-14(7-5-12)16-15(19)13(2)17-8-10-18(11-9-17)22(3,20)21/h12-14H,4-11H2,1-3H3,(H,16,19). The van der Waals surface area contributed by atoms with Gasteiger partial charge in [-0.1, -0.05) is 6.92 Å². The first kappa shape index (κ1) is 17.7. The molecule has 0 aromatic heterocycles. The zero-order valence-electron chi connectivity index (χ0n) is 13.9. The molecule has 1 N–H and O–H groups in total. The second-order valence-electron chi connectivity index (χ2n) is 6.84. The quantitative estimate of drug-likeness (QED) is 0.821. The molecule has 1 unspecified atom stereocenters. The lowest BCUT2D eigenvalue weighted by Crippen LogP contribution is -2.55. The Morgan fingerprint density at radius 3 is 2.14 bits per heavy atom. The normalized spacial score (nSPS) is 30.0. The van der Waals surface area contributed by atoms with Crippen molar-refractivity contribution in [3.05, 3.63) is 0 Å². The summed E-state index contributed by atoms with van der Waals surface area (Å²) in [6.07, 6.45) is 5.75. The van der Waals surface area contributed by atoms with Crippen LogP contribution in [0, 0.1) is 5.92 Å². The van der Waals surface area contributed by atoms with E-state index in [1.54, 1.807) is 0 Å². The molecule has 128 valence electrons. The summed E-state index contributed by atoms with van der Waals surface area (Å²) in [5.74, 6) is 0.849. The highest BCUT2D eigenvalue weighted by Crippen LogP contribution is 2.23. The monoisotopic (exact) mass is 331 g/mol. The van der Waals surface area contributed by atoms with Gasteiger partial charge in [0.15, 0.2) is 0 Å². The maximum Gasteiger partial charge on any atom is 0.237 e. The fraction of sp³-hybridized carbons (Fsp3) is 0.933. The SMILES string of the molecule is CC1CCC(NC(=O)C(C)N2CCN(S(C)(=O)=O)CC2)CC1. The molecule has 7 heteroatoms. The molecule has 1 atom stereocenters. The third-order valence-corrected chi connectivity index (χ3v) is 6.33. The maximum absolute atomic E-state index is 12.4. The molecule has 0 aromatic carbocycles. The molecule has 2 aliphatic rings. The van der Waals surface area contributed by atoms with Crippen molar-refractivity contribution in [3.8, 4) is 0 Å². The number of carbonyl (C=O) groups is 1. The van der Waals surface area contributed by atoms with Gasteiger partial charge in [-0.3, -0.25) is 9.69 Å². The van der Waals surface area contributed by atoms with Gasteiger partial charge in [0.05, 0.1) is 12.3 Å². The van der Waals surface area contributed by atoms with Gasteiger partial charge in [0.1, 0.15) is 0 Å². The zero-order valence-corrected chi connectivity index (χ0v) is 14.7. The van der Waals surface area contributed by atoms with E-state index in [4.69, 9.17) is 0 Å². The van der Waals surface area contributed by atoms with Crippen molar-refractivity contribution in [3.63, 3.8) is 0 Å². The lowest BCUT2D eigenvalue weighted by molar-refractivity contribution is -0.127. The van der Waals surface area contributed by atoms with E-state index in [-0.39, 0.29) is 11.9 Å². The van der Waals surface area contributed by atoms with Crippen molar-refractivity contribution in [2.75, 3.05) is 32.4 Å². The van der Waals surface area contributed by atoms with Crippen LogP contribution >= 0.6 is 0 Å². The Hall–Kier alpha value is -0.660. The van der Waals surface area contributed by atoms with E-state index in [9.17, 15) is 13.2 Å². The van der Waals surface area contributed by atoms with Crippen LogP contribution in [-0.4, -0.2) is 68.0 Å². The van der Waals surface area contributed by atoms with Crippen LogP contribution in [0.1, 0.15) is 39.5 Å². The van der Waals surface area contributed by atoms with Crippen LogP contribution in [0.25, 0.3) is 0 Å². The molecular weight excluding hydrogens is 302 g/mol. The van der Waals surface area contributed by atoms with Gasteiger partial charge in [-0.25, -0.2) is 8.42 Å². The number of piperazine rings is 1. The summed E-state index contributed by atoms with van der Waals surface area (Å²) in [5.41, 5.74) is 0. The van der Waals surface area contributed by atoms with Gasteiger partial charge in [0.25, 0.3) is 0 Å². The molecular formula is C15H29N3O3S. The minimum atomic E-state index is -3.12. The summed E-state index contributed by atoms with van der Waals surface area (Å²) >= 11 is 0. The summed E-state index contributed by atoms with van der Waals surface area (Å²) < 4.78 is 24.5. The topological polar surface area (TPSA) is 69.7 Å². The molecule has 1 heterocycles. The van der Waals surface area contributed by atoms with Crippen LogP contribution in [0.5, 0.6) is 0 Å². The second kappa shape index (κ2) is 7.27. The Morgan fingerprint density at radius 1 is 1.09 bits per heavy atom. The van der Waals surface area contributed by atoms with Crippen LogP contribution in [-0.2, 0) is 14.8 Å². The largest absolute Gasteiger partial charge is 0.352 e. The average molecular weight is 331 g/mol. The molecule has 6 nitrogen and oxygen atoms in total.